The van der Waals surface area contributed by atoms with Crippen LogP contribution < -0.4 is 5.73 Å². The van der Waals surface area contributed by atoms with Crippen molar-refractivity contribution >= 4 is 10.9 Å². The summed E-state index contributed by atoms with van der Waals surface area (Å²) in [4.78, 5) is 0. The molecule has 3 N–H and O–H groups in total. The van der Waals surface area contributed by atoms with Gasteiger partial charge in [0.2, 0.25) is 0 Å². The monoisotopic (exact) mass is 216 g/mol. The summed E-state index contributed by atoms with van der Waals surface area (Å²) in [6.07, 6.45) is 1.09. The molecule has 0 saturated heterocycles. The molecule has 1 fully saturated rings. The third-order valence-corrected chi connectivity index (χ3v) is 3.66. The summed E-state index contributed by atoms with van der Waals surface area (Å²) in [6.45, 7) is 0. The quantitative estimate of drug-likeness (QED) is 0.758. The lowest BCUT2D eigenvalue weighted by Crippen LogP contribution is -2.52. The molecule has 0 aliphatic heterocycles. The topological polar surface area (TPSA) is 51.2 Å². The number of aliphatic hydroxyl groups excluding tert-OH is 1. The highest BCUT2D eigenvalue weighted by Crippen LogP contribution is 2.40. The van der Waals surface area contributed by atoms with Gasteiger partial charge >= 0.3 is 0 Å². The van der Waals surface area contributed by atoms with Crippen molar-refractivity contribution in [3.05, 3.63) is 36.0 Å². The summed E-state index contributed by atoms with van der Waals surface area (Å²) in [6, 6.07) is 10.4. The van der Waals surface area contributed by atoms with Crippen LogP contribution in [0.15, 0.2) is 30.3 Å². The van der Waals surface area contributed by atoms with E-state index in [1.165, 1.54) is 10.9 Å². The van der Waals surface area contributed by atoms with E-state index in [0.717, 1.165) is 5.69 Å². The maximum Gasteiger partial charge on any atom is 0.0613 e. The molecular weight excluding hydrogens is 200 g/mol. The van der Waals surface area contributed by atoms with Crippen LogP contribution in [0.4, 0.5) is 0 Å². The molecule has 16 heavy (non-hydrogen) atoms. The van der Waals surface area contributed by atoms with Gasteiger partial charge in [-0.15, -0.1) is 0 Å². The summed E-state index contributed by atoms with van der Waals surface area (Å²) < 4.78 is 2.14. The van der Waals surface area contributed by atoms with Crippen LogP contribution in [-0.2, 0) is 12.6 Å². The van der Waals surface area contributed by atoms with Crippen molar-refractivity contribution < 1.29 is 5.11 Å². The third kappa shape index (κ3) is 1.22. The molecule has 0 bridgehead atoms. The molecule has 1 aliphatic rings. The summed E-state index contributed by atoms with van der Waals surface area (Å²) in [5.74, 6) is 0. The molecule has 0 radical (unpaired) electrons. The van der Waals surface area contributed by atoms with Gasteiger partial charge in [-0.3, -0.25) is 0 Å². The molecule has 3 rings (SSSR count). The molecule has 1 aromatic carbocycles. The number of nitrogens with zero attached hydrogens (tertiary/aromatic N) is 1. The zero-order chi connectivity index (χ0) is 11.3. The van der Waals surface area contributed by atoms with Gasteiger partial charge in [-0.1, -0.05) is 18.2 Å². The van der Waals surface area contributed by atoms with E-state index >= 15 is 0 Å². The summed E-state index contributed by atoms with van der Waals surface area (Å²) >= 11 is 0. The number of aromatic nitrogens is 1. The molecule has 1 heterocycles. The predicted molar refractivity (Wildman–Crippen MR) is 64.0 cm³/mol. The molecule has 0 unspecified atom stereocenters. The van der Waals surface area contributed by atoms with Gasteiger partial charge in [0.15, 0.2) is 0 Å². The van der Waals surface area contributed by atoms with Gasteiger partial charge in [0.25, 0.3) is 0 Å². The van der Waals surface area contributed by atoms with E-state index < -0.39 is 0 Å². The first-order valence-electron chi connectivity index (χ1n) is 5.62. The lowest BCUT2D eigenvalue weighted by molar-refractivity contribution is 0.0177. The first-order chi connectivity index (χ1) is 7.60. The Hall–Kier alpha value is -1.32. The van der Waals surface area contributed by atoms with E-state index in [9.17, 15) is 5.11 Å². The Morgan fingerprint density at radius 1 is 1.38 bits per heavy atom. The molecular formula is C13H16N2O. The fourth-order valence-corrected chi connectivity index (χ4v) is 2.76. The van der Waals surface area contributed by atoms with Crippen molar-refractivity contribution in [2.24, 2.45) is 12.8 Å². The van der Waals surface area contributed by atoms with Crippen molar-refractivity contribution in [1.82, 2.24) is 4.57 Å². The van der Waals surface area contributed by atoms with Crippen LogP contribution in [0.25, 0.3) is 10.9 Å². The number of hydrogen-bond acceptors (Lipinski definition) is 2. The smallest absolute Gasteiger partial charge is 0.0613 e. The molecule has 3 nitrogen and oxygen atoms in total. The highest BCUT2D eigenvalue weighted by atomic mass is 16.3. The number of rotatable bonds is 1. The van der Waals surface area contributed by atoms with E-state index in [2.05, 4.69) is 22.8 Å². The second-order valence-corrected chi connectivity index (χ2v) is 4.87. The predicted octanol–water partition coefficient (Wildman–Crippen LogP) is 1.49. The standard InChI is InChI=1S/C13H16N2O/c1-15-11-5-3-2-4-9(11)6-12(15)13(14)7-10(16)8-13/h2-6,10,16H,7-8,14H2,1H3. The number of nitrogens with two attached hydrogens (primary N) is 1. The van der Waals surface area contributed by atoms with E-state index in [1.807, 2.05) is 19.2 Å². The first kappa shape index (κ1) is 9.87. The van der Waals surface area contributed by atoms with Gasteiger partial charge in [-0.25, -0.2) is 0 Å². The van der Waals surface area contributed by atoms with Crippen LogP contribution in [0.3, 0.4) is 0 Å². The van der Waals surface area contributed by atoms with Crippen molar-refractivity contribution in [3.8, 4) is 0 Å². The Morgan fingerprint density at radius 2 is 2.06 bits per heavy atom. The Kier molecular flexibility index (Phi) is 1.91. The van der Waals surface area contributed by atoms with Crippen molar-refractivity contribution in [1.29, 1.82) is 0 Å². The molecule has 3 heteroatoms. The second kappa shape index (κ2) is 3.09. The highest BCUT2D eigenvalue weighted by Gasteiger charge is 2.43. The molecule has 0 atom stereocenters. The van der Waals surface area contributed by atoms with E-state index in [0.29, 0.717) is 12.8 Å². The van der Waals surface area contributed by atoms with E-state index in [-0.39, 0.29) is 11.6 Å². The third-order valence-electron chi connectivity index (χ3n) is 3.66. The van der Waals surface area contributed by atoms with Crippen molar-refractivity contribution in [3.63, 3.8) is 0 Å². The van der Waals surface area contributed by atoms with Crippen LogP contribution in [0, 0.1) is 0 Å². The highest BCUT2D eigenvalue weighted by molar-refractivity contribution is 5.81. The normalized spacial score (nSPS) is 29.3. The Balaban J connectivity index is 2.14. The SMILES string of the molecule is Cn1c(C2(N)CC(O)C2)cc2ccccc21. The number of aliphatic hydroxyl groups is 1. The lowest BCUT2D eigenvalue weighted by Gasteiger charge is -2.42. The van der Waals surface area contributed by atoms with E-state index in [1.54, 1.807) is 0 Å². The Labute approximate surface area is 94.5 Å². The summed E-state index contributed by atoms with van der Waals surface area (Å²) in [5.41, 5.74) is 8.28. The van der Waals surface area contributed by atoms with Crippen LogP contribution in [0.2, 0.25) is 0 Å². The summed E-state index contributed by atoms with van der Waals surface area (Å²) in [5, 5.41) is 10.6. The first-order valence-corrected chi connectivity index (χ1v) is 5.62. The zero-order valence-electron chi connectivity index (χ0n) is 9.35. The number of benzene rings is 1. The minimum atomic E-state index is -0.340. The van der Waals surface area contributed by atoms with Gasteiger partial charge < -0.3 is 15.4 Å². The van der Waals surface area contributed by atoms with Crippen LogP contribution >= 0.6 is 0 Å². The van der Waals surface area contributed by atoms with Crippen molar-refractivity contribution in [2.45, 2.75) is 24.5 Å². The van der Waals surface area contributed by atoms with E-state index in [4.69, 9.17) is 5.73 Å². The van der Waals surface area contributed by atoms with Crippen LogP contribution in [-0.4, -0.2) is 15.8 Å². The molecule has 0 amide bonds. The Morgan fingerprint density at radius 3 is 2.69 bits per heavy atom. The number of hydrogen-bond donors (Lipinski definition) is 2. The number of para-hydroxylation sites is 1. The minimum absolute atomic E-state index is 0.233. The van der Waals surface area contributed by atoms with Gasteiger partial charge in [0.05, 0.1) is 11.6 Å². The molecule has 2 aromatic rings. The van der Waals surface area contributed by atoms with Crippen molar-refractivity contribution in [2.75, 3.05) is 0 Å². The summed E-state index contributed by atoms with van der Waals surface area (Å²) in [7, 11) is 2.04. The van der Waals surface area contributed by atoms with Gasteiger partial charge in [0.1, 0.15) is 0 Å². The molecule has 1 saturated carbocycles. The Bertz CT molecular complexity index is 538. The largest absolute Gasteiger partial charge is 0.393 e. The maximum atomic E-state index is 9.42. The molecule has 1 aliphatic carbocycles. The minimum Gasteiger partial charge on any atom is -0.393 e. The van der Waals surface area contributed by atoms with Gasteiger partial charge in [0, 0.05) is 18.3 Å². The molecule has 0 spiro atoms. The van der Waals surface area contributed by atoms with Crippen LogP contribution in [0.1, 0.15) is 18.5 Å². The fraction of sp³-hybridized carbons (Fsp3) is 0.385. The zero-order valence-corrected chi connectivity index (χ0v) is 9.35. The number of fused-ring (bicyclic) bond motifs is 1. The second-order valence-electron chi connectivity index (χ2n) is 4.87. The average molecular weight is 216 g/mol. The molecule has 84 valence electrons. The van der Waals surface area contributed by atoms with Gasteiger partial charge in [-0.2, -0.15) is 0 Å². The maximum absolute atomic E-state index is 9.42. The molecule has 1 aromatic heterocycles. The fourth-order valence-electron chi connectivity index (χ4n) is 2.76. The average Bonchev–Trinajstić information content (AvgIpc) is 2.55. The van der Waals surface area contributed by atoms with Crippen LogP contribution in [0.5, 0.6) is 0 Å². The lowest BCUT2D eigenvalue weighted by atomic mass is 9.73. The van der Waals surface area contributed by atoms with Gasteiger partial charge in [-0.05, 0) is 30.4 Å². The number of aryl methyl sites for hydroxylation is 1.